The highest BCUT2D eigenvalue weighted by atomic mass is 19.1. The third-order valence-corrected chi connectivity index (χ3v) is 6.24. The molecule has 29 heavy (non-hydrogen) atoms. The van der Waals surface area contributed by atoms with E-state index in [0.29, 0.717) is 13.1 Å². The first kappa shape index (κ1) is 19.6. The molecule has 2 aliphatic rings. The standard InChI is InChI=1S/C20H24F2N4O3/c1-9(24-2)10-5-6-25(7-10)18-14(21)16(23)13-17(15(18)22)26(11-3-4-11)8-12(19(13)27)20(28)29/h8-11,24H,3-7,23H2,1-2H3,(H,28,29)/t9-,10-/m0/s1. The molecule has 1 aliphatic carbocycles. The molecule has 7 nitrogen and oxygen atoms in total. The van der Waals surface area contributed by atoms with E-state index in [-0.39, 0.29) is 29.2 Å². The van der Waals surface area contributed by atoms with Gasteiger partial charge in [-0.2, -0.15) is 0 Å². The highest BCUT2D eigenvalue weighted by Crippen LogP contribution is 2.42. The molecule has 4 rings (SSSR count). The van der Waals surface area contributed by atoms with Crippen LogP contribution < -0.4 is 21.4 Å². The van der Waals surface area contributed by atoms with Gasteiger partial charge in [-0.25, -0.2) is 13.6 Å². The molecule has 156 valence electrons. The van der Waals surface area contributed by atoms with Gasteiger partial charge in [0.25, 0.3) is 0 Å². The Morgan fingerprint density at radius 3 is 2.59 bits per heavy atom. The number of carboxylic acids is 1. The van der Waals surface area contributed by atoms with Crippen molar-refractivity contribution in [3.63, 3.8) is 0 Å². The van der Waals surface area contributed by atoms with Gasteiger partial charge >= 0.3 is 5.97 Å². The maximum Gasteiger partial charge on any atom is 0.341 e. The number of carboxylic acid groups (broad SMARTS) is 1. The summed E-state index contributed by atoms with van der Waals surface area (Å²) < 4.78 is 32.3. The minimum Gasteiger partial charge on any atom is -0.477 e. The largest absolute Gasteiger partial charge is 0.477 e. The molecule has 2 heterocycles. The molecule has 0 bridgehead atoms. The lowest BCUT2D eigenvalue weighted by Crippen LogP contribution is -2.33. The normalized spacial score (nSPS) is 20.4. The van der Waals surface area contributed by atoms with Gasteiger partial charge in [0.2, 0.25) is 5.43 Å². The second kappa shape index (κ2) is 6.98. The Bertz CT molecular complexity index is 1060. The van der Waals surface area contributed by atoms with Crippen molar-refractivity contribution < 1.29 is 18.7 Å². The number of nitrogens with one attached hydrogen (secondary N) is 1. The smallest absolute Gasteiger partial charge is 0.341 e. The number of nitrogen functional groups attached to an aromatic ring is 1. The van der Waals surface area contributed by atoms with E-state index in [9.17, 15) is 14.7 Å². The van der Waals surface area contributed by atoms with E-state index in [1.807, 2.05) is 14.0 Å². The van der Waals surface area contributed by atoms with E-state index >= 15 is 8.78 Å². The molecule has 1 aromatic heterocycles. The number of aromatic nitrogens is 1. The number of pyridine rings is 1. The van der Waals surface area contributed by atoms with Crippen LogP contribution in [0.4, 0.5) is 20.2 Å². The molecule has 2 fully saturated rings. The van der Waals surface area contributed by atoms with Gasteiger partial charge < -0.3 is 25.6 Å². The topological polar surface area (TPSA) is 101 Å². The number of benzene rings is 1. The summed E-state index contributed by atoms with van der Waals surface area (Å²) in [6.45, 7) is 2.95. The van der Waals surface area contributed by atoms with Crippen LogP contribution in [-0.4, -0.2) is 41.8 Å². The predicted molar refractivity (Wildman–Crippen MR) is 107 cm³/mol. The first-order valence-electron chi connectivity index (χ1n) is 9.77. The van der Waals surface area contributed by atoms with Crippen LogP contribution in [-0.2, 0) is 0 Å². The lowest BCUT2D eigenvalue weighted by molar-refractivity contribution is 0.0695. The first-order chi connectivity index (χ1) is 13.8. The van der Waals surface area contributed by atoms with Gasteiger partial charge in [-0.05, 0) is 39.2 Å². The van der Waals surface area contributed by atoms with Crippen molar-refractivity contribution in [2.24, 2.45) is 5.92 Å². The second-order valence-corrected chi connectivity index (χ2v) is 8.00. The molecule has 1 aromatic carbocycles. The number of fused-ring (bicyclic) bond motifs is 1. The molecular formula is C20H24F2N4O3. The van der Waals surface area contributed by atoms with Crippen LogP contribution >= 0.6 is 0 Å². The molecule has 1 aliphatic heterocycles. The van der Waals surface area contributed by atoms with Crippen LogP contribution in [0.25, 0.3) is 10.9 Å². The van der Waals surface area contributed by atoms with Crippen LogP contribution in [0.2, 0.25) is 0 Å². The molecule has 0 unspecified atom stereocenters. The van der Waals surface area contributed by atoms with Gasteiger partial charge in [-0.15, -0.1) is 0 Å². The number of carbonyl (C=O) groups is 1. The fourth-order valence-corrected chi connectivity index (χ4v) is 4.26. The number of anilines is 2. The lowest BCUT2D eigenvalue weighted by Gasteiger charge is -2.25. The fourth-order valence-electron chi connectivity index (χ4n) is 4.26. The van der Waals surface area contributed by atoms with E-state index in [1.165, 1.54) is 4.57 Å². The summed E-state index contributed by atoms with van der Waals surface area (Å²) in [5, 5.41) is 12.1. The summed E-state index contributed by atoms with van der Waals surface area (Å²) in [7, 11) is 1.84. The maximum absolute atomic E-state index is 15.7. The molecule has 0 spiro atoms. The number of nitrogens with two attached hydrogens (primary N) is 1. The van der Waals surface area contributed by atoms with Crippen LogP contribution in [0.1, 0.15) is 42.6 Å². The van der Waals surface area contributed by atoms with Crippen molar-refractivity contribution >= 4 is 28.2 Å². The Hall–Kier alpha value is -2.68. The fraction of sp³-hybridized carbons (Fsp3) is 0.500. The lowest BCUT2D eigenvalue weighted by atomic mass is 10.0. The number of hydrogen-bond donors (Lipinski definition) is 3. The Labute approximate surface area is 166 Å². The summed E-state index contributed by atoms with van der Waals surface area (Å²) in [5.74, 6) is -3.09. The first-order valence-corrected chi connectivity index (χ1v) is 9.77. The number of aromatic carboxylic acids is 1. The third-order valence-electron chi connectivity index (χ3n) is 6.24. The van der Waals surface area contributed by atoms with E-state index in [2.05, 4.69) is 5.32 Å². The number of hydrogen-bond acceptors (Lipinski definition) is 5. The Morgan fingerprint density at radius 1 is 1.31 bits per heavy atom. The summed E-state index contributed by atoms with van der Waals surface area (Å²) in [6.07, 6.45) is 3.39. The van der Waals surface area contributed by atoms with Crippen molar-refractivity contribution in [3.8, 4) is 0 Å². The molecule has 1 saturated carbocycles. The Morgan fingerprint density at radius 2 is 2.00 bits per heavy atom. The minimum absolute atomic E-state index is 0.110. The molecular weight excluding hydrogens is 382 g/mol. The van der Waals surface area contributed by atoms with Crippen molar-refractivity contribution in [2.45, 2.75) is 38.3 Å². The molecule has 4 N–H and O–H groups in total. The Balaban J connectivity index is 1.95. The highest BCUT2D eigenvalue weighted by molar-refractivity contribution is 5.99. The summed E-state index contributed by atoms with van der Waals surface area (Å²) in [5.41, 5.74) is 3.61. The molecule has 0 radical (unpaired) electrons. The zero-order chi connectivity index (χ0) is 21.0. The van der Waals surface area contributed by atoms with E-state index in [0.717, 1.165) is 25.5 Å². The van der Waals surface area contributed by atoms with Crippen molar-refractivity contribution in [2.75, 3.05) is 30.8 Å². The van der Waals surface area contributed by atoms with Crippen LogP contribution in [0.15, 0.2) is 11.0 Å². The number of halogens is 2. The summed E-state index contributed by atoms with van der Waals surface area (Å²) in [4.78, 5) is 25.8. The van der Waals surface area contributed by atoms with Gasteiger partial charge in [0.1, 0.15) is 11.3 Å². The van der Waals surface area contributed by atoms with Gasteiger partial charge in [0, 0.05) is 31.4 Å². The van der Waals surface area contributed by atoms with Crippen molar-refractivity contribution in [3.05, 3.63) is 33.6 Å². The molecule has 9 heteroatoms. The number of rotatable bonds is 5. The second-order valence-electron chi connectivity index (χ2n) is 8.00. The van der Waals surface area contributed by atoms with Crippen LogP contribution in [0.5, 0.6) is 0 Å². The SMILES string of the molecule is CN[C@@H](C)[C@H]1CCN(c2c(F)c(N)c3c(=O)c(C(=O)O)cn(C4CC4)c3c2F)C1. The summed E-state index contributed by atoms with van der Waals surface area (Å²) >= 11 is 0. The van der Waals surface area contributed by atoms with E-state index < -0.39 is 39.7 Å². The Kier molecular flexibility index (Phi) is 4.72. The van der Waals surface area contributed by atoms with Gasteiger partial charge in [0.15, 0.2) is 11.6 Å². The predicted octanol–water partition coefficient (Wildman–Crippen LogP) is 2.33. The van der Waals surface area contributed by atoms with Crippen molar-refractivity contribution in [1.29, 1.82) is 0 Å². The zero-order valence-electron chi connectivity index (χ0n) is 16.3. The average molecular weight is 406 g/mol. The molecule has 0 amide bonds. The van der Waals surface area contributed by atoms with Crippen LogP contribution in [0, 0.1) is 17.6 Å². The van der Waals surface area contributed by atoms with E-state index in [4.69, 9.17) is 5.73 Å². The number of nitrogens with zero attached hydrogens (tertiary/aromatic N) is 2. The zero-order valence-corrected chi connectivity index (χ0v) is 16.3. The van der Waals surface area contributed by atoms with Gasteiger partial charge in [-0.3, -0.25) is 4.79 Å². The maximum atomic E-state index is 15.7. The highest BCUT2D eigenvalue weighted by Gasteiger charge is 2.35. The molecule has 2 aromatic rings. The summed E-state index contributed by atoms with van der Waals surface area (Å²) in [6, 6.07) is 0.0609. The van der Waals surface area contributed by atoms with Gasteiger partial charge in [-0.1, -0.05) is 0 Å². The third kappa shape index (κ3) is 3.04. The quantitative estimate of drug-likeness (QED) is 0.659. The molecule has 1 saturated heterocycles. The van der Waals surface area contributed by atoms with Crippen molar-refractivity contribution in [1.82, 2.24) is 9.88 Å². The van der Waals surface area contributed by atoms with E-state index in [1.54, 1.807) is 4.90 Å². The van der Waals surface area contributed by atoms with Gasteiger partial charge in [0.05, 0.1) is 16.6 Å². The average Bonchev–Trinajstić information content (AvgIpc) is 3.42. The monoisotopic (exact) mass is 406 g/mol. The minimum atomic E-state index is -1.45. The molecule has 2 atom stereocenters. The van der Waals surface area contributed by atoms with Crippen LogP contribution in [0.3, 0.4) is 0 Å².